The van der Waals surface area contributed by atoms with Crippen molar-refractivity contribution < 1.29 is 19.1 Å². The normalized spacial score (nSPS) is 24.3. The largest absolute Gasteiger partial charge is 0.467 e. The van der Waals surface area contributed by atoms with E-state index in [-0.39, 0.29) is 12.1 Å². The summed E-state index contributed by atoms with van der Waals surface area (Å²) in [6.45, 7) is 4.47. The first-order chi connectivity index (χ1) is 11.1. The second-order valence-electron chi connectivity index (χ2n) is 6.70. The fraction of sp³-hybridized carbons (Fsp3) is 0.706. The third-order valence-corrected chi connectivity index (χ3v) is 5.18. The Kier molecular flexibility index (Phi) is 4.92. The van der Waals surface area contributed by atoms with Gasteiger partial charge in [-0.15, -0.1) is 0 Å². The van der Waals surface area contributed by atoms with Crippen LogP contribution in [0.4, 0.5) is 4.79 Å². The van der Waals surface area contributed by atoms with Crippen LogP contribution in [0.3, 0.4) is 0 Å². The lowest BCUT2D eigenvalue weighted by Crippen LogP contribution is -2.53. The number of aliphatic hydroxyl groups is 1. The third kappa shape index (κ3) is 3.87. The zero-order chi connectivity index (χ0) is 16.3. The molecule has 3 rings (SSSR count). The molecule has 0 spiro atoms. The van der Waals surface area contributed by atoms with E-state index in [9.17, 15) is 9.90 Å². The zero-order valence-electron chi connectivity index (χ0n) is 13.7. The Bertz CT molecular complexity index is 513. The average Bonchev–Trinajstić information content (AvgIpc) is 3.14. The minimum Gasteiger partial charge on any atom is -0.467 e. The maximum Gasteiger partial charge on any atom is 0.317 e. The summed E-state index contributed by atoms with van der Waals surface area (Å²) >= 11 is 0. The van der Waals surface area contributed by atoms with Crippen molar-refractivity contribution in [1.82, 2.24) is 10.2 Å². The molecule has 0 bridgehead atoms. The van der Waals surface area contributed by atoms with Crippen LogP contribution in [0.5, 0.6) is 0 Å². The van der Waals surface area contributed by atoms with Gasteiger partial charge in [0.25, 0.3) is 0 Å². The molecule has 0 aromatic carbocycles. The smallest absolute Gasteiger partial charge is 0.317 e. The van der Waals surface area contributed by atoms with E-state index in [0.29, 0.717) is 37.4 Å². The second-order valence-corrected chi connectivity index (χ2v) is 6.70. The molecule has 2 amide bonds. The molecule has 2 fully saturated rings. The molecule has 2 unspecified atom stereocenters. The number of carbonyl (C=O) groups excluding carboxylic acids is 1. The zero-order valence-corrected chi connectivity index (χ0v) is 13.7. The molecular weight excluding hydrogens is 296 g/mol. The summed E-state index contributed by atoms with van der Waals surface area (Å²) in [5.74, 6) is 0.527. The van der Waals surface area contributed by atoms with Gasteiger partial charge in [-0.1, -0.05) is 6.92 Å². The summed E-state index contributed by atoms with van der Waals surface area (Å²) in [5.41, 5.74) is 0.325. The molecule has 1 aromatic rings. The molecule has 2 heterocycles. The van der Waals surface area contributed by atoms with Crippen molar-refractivity contribution in [3.8, 4) is 0 Å². The summed E-state index contributed by atoms with van der Waals surface area (Å²) in [5, 5.41) is 13.3. The number of aliphatic hydroxyl groups excluding tert-OH is 1. The summed E-state index contributed by atoms with van der Waals surface area (Å²) in [7, 11) is 0. The Balaban J connectivity index is 1.56. The molecule has 1 saturated heterocycles. The number of urea groups is 1. The fourth-order valence-electron chi connectivity index (χ4n) is 3.17. The first kappa shape index (κ1) is 16.3. The van der Waals surface area contributed by atoms with Crippen LogP contribution in [0.2, 0.25) is 0 Å². The summed E-state index contributed by atoms with van der Waals surface area (Å²) in [6.07, 6.45) is 4.75. The van der Waals surface area contributed by atoms with E-state index in [4.69, 9.17) is 9.15 Å². The van der Waals surface area contributed by atoms with Crippen LogP contribution >= 0.6 is 0 Å². The van der Waals surface area contributed by atoms with Crippen molar-refractivity contribution in [3.63, 3.8) is 0 Å². The van der Waals surface area contributed by atoms with Gasteiger partial charge in [0.2, 0.25) is 0 Å². The number of nitrogens with zero attached hydrogens (tertiary/aromatic N) is 1. The first-order valence-electron chi connectivity index (χ1n) is 8.47. The Hall–Kier alpha value is -1.53. The molecule has 0 radical (unpaired) electrons. The molecule has 128 valence electrons. The van der Waals surface area contributed by atoms with Gasteiger partial charge in [0, 0.05) is 19.5 Å². The lowest BCUT2D eigenvalue weighted by Gasteiger charge is -2.36. The minimum absolute atomic E-state index is 0.0512. The molecule has 6 heteroatoms. The monoisotopic (exact) mass is 322 g/mol. The third-order valence-electron chi connectivity index (χ3n) is 5.18. The van der Waals surface area contributed by atoms with Gasteiger partial charge in [0.15, 0.2) is 0 Å². The fourth-order valence-corrected chi connectivity index (χ4v) is 3.17. The molecule has 2 aliphatic rings. The van der Waals surface area contributed by atoms with E-state index in [2.05, 4.69) is 12.2 Å². The van der Waals surface area contributed by atoms with Crippen LogP contribution in [-0.4, -0.2) is 48.4 Å². The number of hydrogen-bond acceptors (Lipinski definition) is 4. The van der Waals surface area contributed by atoms with Gasteiger partial charge in [-0.05, 0) is 36.8 Å². The van der Waals surface area contributed by atoms with E-state index < -0.39 is 6.10 Å². The number of hydrogen-bond donors (Lipinski definition) is 2. The number of amides is 2. The quantitative estimate of drug-likeness (QED) is 0.843. The minimum atomic E-state index is -0.725. The molecule has 1 aromatic heterocycles. The lowest BCUT2D eigenvalue weighted by atomic mass is 10.0. The maximum atomic E-state index is 12.5. The van der Waals surface area contributed by atoms with Gasteiger partial charge in [-0.25, -0.2) is 4.79 Å². The van der Waals surface area contributed by atoms with Crippen molar-refractivity contribution >= 4 is 6.03 Å². The predicted molar refractivity (Wildman–Crippen MR) is 85.0 cm³/mol. The van der Waals surface area contributed by atoms with Crippen molar-refractivity contribution in [2.24, 2.45) is 5.41 Å². The number of morpholine rings is 1. The van der Waals surface area contributed by atoms with Crippen LogP contribution in [0, 0.1) is 5.41 Å². The number of furan rings is 1. The van der Waals surface area contributed by atoms with Crippen LogP contribution in [0.15, 0.2) is 22.8 Å². The predicted octanol–water partition coefficient (Wildman–Crippen LogP) is 2.30. The number of carbonyl (C=O) groups is 1. The first-order valence-corrected chi connectivity index (χ1v) is 8.47. The molecule has 6 nitrogen and oxygen atoms in total. The van der Waals surface area contributed by atoms with E-state index in [1.54, 1.807) is 23.3 Å². The van der Waals surface area contributed by atoms with Gasteiger partial charge < -0.3 is 24.5 Å². The highest BCUT2D eigenvalue weighted by atomic mass is 16.5. The van der Waals surface area contributed by atoms with Crippen LogP contribution in [0.25, 0.3) is 0 Å². The lowest BCUT2D eigenvalue weighted by molar-refractivity contribution is -0.00986. The maximum absolute atomic E-state index is 12.5. The number of ether oxygens (including phenoxy) is 1. The molecule has 1 aliphatic carbocycles. The Morgan fingerprint density at radius 2 is 2.39 bits per heavy atom. The Morgan fingerprint density at radius 3 is 3.04 bits per heavy atom. The average molecular weight is 322 g/mol. The summed E-state index contributed by atoms with van der Waals surface area (Å²) in [4.78, 5) is 14.3. The van der Waals surface area contributed by atoms with E-state index in [1.165, 1.54) is 12.8 Å². The van der Waals surface area contributed by atoms with Crippen LogP contribution < -0.4 is 5.32 Å². The van der Waals surface area contributed by atoms with Gasteiger partial charge in [-0.2, -0.15) is 0 Å². The van der Waals surface area contributed by atoms with Gasteiger partial charge in [0.05, 0.1) is 25.5 Å². The Labute approximate surface area is 136 Å². The Morgan fingerprint density at radius 1 is 1.57 bits per heavy atom. The topological polar surface area (TPSA) is 74.9 Å². The van der Waals surface area contributed by atoms with E-state index in [1.807, 2.05) is 0 Å². The molecule has 2 N–H and O–H groups in total. The van der Waals surface area contributed by atoms with Crippen molar-refractivity contribution in [1.29, 1.82) is 0 Å². The van der Waals surface area contributed by atoms with Crippen molar-refractivity contribution in [2.75, 3.05) is 26.3 Å². The molecule has 23 heavy (non-hydrogen) atoms. The van der Waals surface area contributed by atoms with Gasteiger partial charge >= 0.3 is 6.03 Å². The van der Waals surface area contributed by atoms with Crippen molar-refractivity contribution in [2.45, 2.75) is 44.8 Å². The van der Waals surface area contributed by atoms with Crippen molar-refractivity contribution in [3.05, 3.63) is 24.2 Å². The molecule has 1 saturated carbocycles. The van der Waals surface area contributed by atoms with E-state index >= 15 is 0 Å². The molecule has 2 atom stereocenters. The van der Waals surface area contributed by atoms with E-state index in [0.717, 1.165) is 13.0 Å². The standard InChI is InChI=1S/C17H26N2O4/c1-2-17(5-6-17)12-18-16(21)19-7-9-22-11-13(19)10-14(20)15-4-3-8-23-15/h3-4,8,13-14,20H,2,5-7,9-12H2,1H3,(H,18,21). The van der Waals surface area contributed by atoms with Gasteiger partial charge in [-0.3, -0.25) is 0 Å². The second kappa shape index (κ2) is 6.93. The van der Waals surface area contributed by atoms with Gasteiger partial charge in [0.1, 0.15) is 11.9 Å². The number of nitrogens with one attached hydrogen (secondary N) is 1. The van der Waals surface area contributed by atoms with Crippen LogP contribution in [-0.2, 0) is 4.74 Å². The summed E-state index contributed by atoms with van der Waals surface area (Å²) in [6, 6.07) is 3.31. The molecular formula is C17H26N2O4. The van der Waals surface area contributed by atoms with Crippen LogP contribution in [0.1, 0.15) is 44.5 Å². The highest BCUT2D eigenvalue weighted by Crippen LogP contribution is 2.47. The SMILES string of the molecule is CCC1(CNC(=O)N2CCOCC2CC(O)c2ccco2)CC1. The highest BCUT2D eigenvalue weighted by molar-refractivity contribution is 5.74. The summed E-state index contributed by atoms with van der Waals surface area (Å²) < 4.78 is 10.7. The molecule has 1 aliphatic heterocycles. The highest BCUT2D eigenvalue weighted by Gasteiger charge is 2.41. The number of rotatable bonds is 6.